The van der Waals surface area contributed by atoms with Crippen molar-refractivity contribution in [1.82, 2.24) is 19.1 Å². The molecule has 2 aromatic heterocycles. The maximum absolute atomic E-state index is 13.5. The van der Waals surface area contributed by atoms with Crippen LogP contribution < -0.4 is 5.32 Å². The average molecular weight is 486 g/mol. The number of aromatic nitrogens is 3. The van der Waals surface area contributed by atoms with E-state index in [1.807, 2.05) is 0 Å². The predicted molar refractivity (Wildman–Crippen MR) is 124 cm³/mol. The van der Waals surface area contributed by atoms with Crippen molar-refractivity contribution in [1.29, 1.82) is 0 Å². The Bertz CT molecular complexity index is 1460. The molecular weight excluding hydrogens is 465 g/mol. The van der Waals surface area contributed by atoms with Gasteiger partial charge in [-0.15, -0.1) is 0 Å². The van der Waals surface area contributed by atoms with Gasteiger partial charge in [-0.1, -0.05) is 11.3 Å². The summed E-state index contributed by atoms with van der Waals surface area (Å²) in [6.45, 7) is 2.83. The highest BCUT2D eigenvalue weighted by Crippen LogP contribution is 2.28. The van der Waals surface area contributed by atoms with Crippen LogP contribution in [0, 0.1) is 12.7 Å². The number of carbonyl (C=O) groups is 1. The lowest BCUT2D eigenvalue weighted by molar-refractivity contribution is 0.102. The number of nitrogens with zero attached hydrogens (tertiary/aromatic N) is 4. The van der Waals surface area contributed by atoms with Gasteiger partial charge in [0.15, 0.2) is 0 Å². The van der Waals surface area contributed by atoms with Crippen LogP contribution >= 0.6 is 11.3 Å². The maximum Gasteiger partial charge on any atom is 0.256 e. The number of fused-ring (bicyclic) bond motifs is 1. The predicted octanol–water partition coefficient (Wildman–Crippen LogP) is 3.97. The average Bonchev–Trinajstić information content (AvgIpc) is 3.53. The van der Waals surface area contributed by atoms with Gasteiger partial charge < -0.3 is 5.32 Å². The smallest absolute Gasteiger partial charge is 0.256 e. The van der Waals surface area contributed by atoms with E-state index in [9.17, 15) is 17.6 Å². The number of hydrogen-bond donors (Lipinski definition) is 1. The molecule has 0 saturated carbocycles. The molecule has 0 atom stereocenters. The van der Waals surface area contributed by atoms with E-state index in [0.717, 1.165) is 12.8 Å². The van der Waals surface area contributed by atoms with Crippen molar-refractivity contribution in [3.63, 3.8) is 0 Å². The number of thiazole rings is 1. The normalized spacial score (nSPS) is 14.7. The lowest BCUT2D eigenvalue weighted by Gasteiger charge is -2.15. The molecule has 4 aromatic rings. The number of amides is 1. The Morgan fingerprint density at radius 2 is 1.82 bits per heavy atom. The van der Waals surface area contributed by atoms with Crippen LogP contribution in [0.5, 0.6) is 0 Å². The number of benzene rings is 2. The largest absolute Gasteiger partial charge is 0.306 e. The first-order valence-electron chi connectivity index (χ1n) is 10.4. The lowest BCUT2D eigenvalue weighted by Crippen LogP contribution is -2.27. The van der Waals surface area contributed by atoms with E-state index in [2.05, 4.69) is 15.4 Å². The summed E-state index contributed by atoms with van der Waals surface area (Å²) in [5.41, 5.74) is 1.62. The third kappa shape index (κ3) is 4.14. The van der Waals surface area contributed by atoms with Gasteiger partial charge in [-0.2, -0.15) is 14.1 Å². The number of nitrogens with one attached hydrogen (secondary N) is 1. The molecule has 11 heteroatoms. The lowest BCUT2D eigenvalue weighted by atomic mass is 10.2. The summed E-state index contributed by atoms with van der Waals surface area (Å²) >= 11 is 1.26. The quantitative estimate of drug-likeness (QED) is 0.461. The summed E-state index contributed by atoms with van der Waals surface area (Å²) in [7, 11) is -3.54. The fraction of sp³-hybridized carbons (Fsp3) is 0.227. The topological polar surface area (TPSA) is 97.2 Å². The summed E-state index contributed by atoms with van der Waals surface area (Å²) in [5.74, 6) is -0.350. The molecular formula is C22H20FN5O3S2. The van der Waals surface area contributed by atoms with Gasteiger partial charge >= 0.3 is 0 Å². The SMILES string of the molecule is Cc1cc(NC(=O)c2ccc(S(=O)(=O)N3CCCC3)cc2)n(-c2nc3ccc(F)cc3s2)n1. The molecule has 0 radical (unpaired) electrons. The van der Waals surface area contributed by atoms with Gasteiger partial charge in [0.1, 0.15) is 11.6 Å². The molecule has 0 spiro atoms. The van der Waals surface area contributed by atoms with E-state index in [4.69, 9.17) is 0 Å². The van der Waals surface area contributed by atoms with Gasteiger partial charge in [0.25, 0.3) is 5.91 Å². The molecule has 1 saturated heterocycles. The minimum absolute atomic E-state index is 0.170. The molecule has 1 aliphatic heterocycles. The van der Waals surface area contributed by atoms with Crippen molar-refractivity contribution in [3.8, 4) is 5.13 Å². The van der Waals surface area contributed by atoms with Crippen molar-refractivity contribution < 1.29 is 17.6 Å². The minimum atomic E-state index is -3.54. The van der Waals surface area contributed by atoms with E-state index in [1.165, 1.54) is 56.7 Å². The van der Waals surface area contributed by atoms with Crippen LogP contribution in [0.4, 0.5) is 10.2 Å². The molecule has 1 aliphatic rings. The zero-order valence-electron chi connectivity index (χ0n) is 17.7. The number of hydrogen-bond acceptors (Lipinski definition) is 6. The first-order valence-corrected chi connectivity index (χ1v) is 12.6. The summed E-state index contributed by atoms with van der Waals surface area (Å²) < 4.78 is 42.6. The number of anilines is 1. The first-order chi connectivity index (χ1) is 15.8. The first kappa shape index (κ1) is 21.7. The molecule has 0 aliphatic carbocycles. The van der Waals surface area contributed by atoms with Crippen LogP contribution in [0.15, 0.2) is 53.4 Å². The fourth-order valence-electron chi connectivity index (χ4n) is 3.76. The highest BCUT2D eigenvalue weighted by atomic mass is 32.2. The Morgan fingerprint density at radius 3 is 2.55 bits per heavy atom. The highest BCUT2D eigenvalue weighted by Gasteiger charge is 2.27. The van der Waals surface area contributed by atoms with Gasteiger partial charge in [0.05, 0.1) is 20.8 Å². The molecule has 33 heavy (non-hydrogen) atoms. The number of carbonyl (C=O) groups excluding carboxylic acids is 1. The maximum atomic E-state index is 13.5. The van der Waals surface area contributed by atoms with Crippen molar-refractivity contribution in [2.45, 2.75) is 24.7 Å². The van der Waals surface area contributed by atoms with Crippen LogP contribution in [0.25, 0.3) is 15.3 Å². The van der Waals surface area contributed by atoms with Crippen molar-refractivity contribution >= 4 is 43.3 Å². The van der Waals surface area contributed by atoms with Crippen LogP contribution in [0.3, 0.4) is 0 Å². The number of sulfonamides is 1. The Kier molecular flexibility index (Phi) is 5.47. The van der Waals surface area contributed by atoms with E-state index in [0.29, 0.717) is 45.5 Å². The molecule has 1 fully saturated rings. The van der Waals surface area contributed by atoms with Crippen LogP contribution in [0.1, 0.15) is 28.9 Å². The van der Waals surface area contributed by atoms with E-state index >= 15 is 0 Å². The van der Waals surface area contributed by atoms with Crippen molar-refractivity contribution in [2.24, 2.45) is 0 Å². The standard InChI is InChI=1S/C22H20FN5O3S2/c1-14-12-20(28(26-14)22-24-18-9-6-16(23)13-19(18)32-22)25-21(29)15-4-7-17(8-5-15)33(30,31)27-10-2-3-11-27/h4-9,12-13H,2-3,10-11H2,1H3,(H,25,29). The second-order valence-corrected chi connectivity index (χ2v) is 10.7. The fourth-order valence-corrected chi connectivity index (χ4v) is 6.23. The van der Waals surface area contributed by atoms with Crippen LogP contribution in [-0.2, 0) is 10.0 Å². The zero-order valence-corrected chi connectivity index (χ0v) is 19.3. The molecule has 3 heterocycles. The molecule has 170 valence electrons. The van der Waals surface area contributed by atoms with Crippen LogP contribution in [0.2, 0.25) is 0 Å². The molecule has 5 rings (SSSR count). The van der Waals surface area contributed by atoms with Crippen molar-refractivity contribution in [2.75, 3.05) is 18.4 Å². The molecule has 0 unspecified atom stereocenters. The Hall–Kier alpha value is -3.15. The third-order valence-electron chi connectivity index (χ3n) is 5.41. The Morgan fingerprint density at radius 1 is 1.09 bits per heavy atom. The number of aryl methyl sites for hydroxylation is 1. The Labute approximate surface area is 193 Å². The summed E-state index contributed by atoms with van der Waals surface area (Å²) in [4.78, 5) is 17.5. The van der Waals surface area contributed by atoms with Gasteiger partial charge in [-0.25, -0.2) is 17.8 Å². The number of rotatable bonds is 5. The number of halogens is 1. The van der Waals surface area contributed by atoms with Crippen molar-refractivity contribution in [3.05, 3.63) is 65.6 Å². The van der Waals surface area contributed by atoms with Gasteiger partial charge in [0, 0.05) is 24.7 Å². The molecule has 1 N–H and O–H groups in total. The minimum Gasteiger partial charge on any atom is -0.306 e. The zero-order chi connectivity index (χ0) is 23.2. The van der Waals surface area contributed by atoms with E-state index in [1.54, 1.807) is 19.1 Å². The second kappa shape index (κ2) is 8.32. The van der Waals surface area contributed by atoms with Gasteiger partial charge in [-0.05, 0) is 62.2 Å². The van der Waals surface area contributed by atoms with Gasteiger partial charge in [-0.3, -0.25) is 4.79 Å². The van der Waals surface area contributed by atoms with Gasteiger partial charge in [0.2, 0.25) is 15.2 Å². The Balaban J connectivity index is 1.39. The summed E-state index contributed by atoms with van der Waals surface area (Å²) in [6.07, 6.45) is 1.72. The molecule has 2 aromatic carbocycles. The monoisotopic (exact) mass is 485 g/mol. The molecule has 1 amide bonds. The van der Waals surface area contributed by atoms with Crippen LogP contribution in [-0.4, -0.2) is 46.5 Å². The summed E-state index contributed by atoms with van der Waals surface area (Å²) in [5, 5.41) is 7.71. The second-order valence-electron chi connectivity index (χ2n) is 7.78. The highest BCUT2D eigenvalue weighted by molar-refractivity contribution is 7.89. The molecule has 8 nitrogen and oxygen atoms in total. The summed E-state index contributed by atoms with van der Waals surface area (Å²) in [6, 6.07) is 11.9. The molecule has 0 bridgehead atoms. The van der Waals surface area contributed by atoms with E-state index < -0.39 is 15.9 Å². The third-order valence-corrected chi connectivity index (χ3v) is 8.32. The van der Waals surface area contributed by atoms with E-state index in [-0.39, 0.29) is 10.7 Å².